The second-order valence-corrected chi connectivity index (χ2v) is 6.55. The molecule has 10 heteroatoms. The lowest BCUT2D eigenvalue weighted by atomic mass is 9.90. The Bertz CT molecular complexity index is 985. The van der Waals surface area contributed by atoms with E-state index in [2.05, 4.69) is 10.3 Å². The number of rotatable bonds is 10. The number of ether oxygens (including phenoxy) is 1. The van der Waals surface area contributed by atoms with Gasteiger partial charge in [-0.05, 0) is 24.3 Å². The van der Waals surface area contributed by atoms with Crippen LogP contribution in [0.5, 0.6) is 5.75 Å². The van der Waals surface area contributed by atoms with Crippen molar-refractivity contribution < 1.29 is 19.1 Å². The third-order valence-electron chi connectivity index (χ3n) is 4.52. The quantitative estimate of drug-likeness (QED) is 0.152. The molecule has 0 aliphatic carbocycles. The van der Waals surface area contributed by atoms with E-state index in [1.54, 1.807) is 24.3 Å². The zero-order valence-electron chi connectivity index (χ0n) is 16.7. The first kappa shape index (κ1) is 22.6. The molecule has 0 unspecified atom stereocenters. The fourth-order valence-corrected chi connectivity index (χ4v) is 3.17. The van der Waals surface area contributed by atoms with Crippen LogP contribution in [-0.2, 0) is 4.79 Å². The second kappa shape index (κ2) is 10.2. The van der Waals surface area contributed by atoms with E-state index >= 15 is 0 Å². The van der Waals surface area contributed by atoms with Crippen molar-refractivity contribution in [2.24, 2.45) is 27.9 Å². The highest BCUT2D eigenvalue weighted by Gasteiger charge is 2.28. The Hall–Kier alpha value is -3.66. The molecule has 1 atom stereocenters. The number of ketones is 1. The van der Waals surface area contributed by atoms with Gasteiger partial charge in [0.1, 0.15) is 5.75 Å². The van der Waals surface area contributed by atoms with E-state index in [0.717, 1.165) is 0 Å². The number of guanidine groups is 1. The first-order valence-electron chi connectivity index (χ1n) is 9.28. The minimum Gasteiger partial charge on any atom is -0.496 e. The third-order valence-corrected chi connectivity index (χ3v) is 4.52. The molecule has 2 aromatic rings. The number of primary amides is 1. The average Bonchev–Trinajstić information content (AvgIpc) is 2.73. The summed E-state index contributed by atoms with van der Waals surface area (Å²) in [6.45, 7) is -0.0135. The first-order valence-corrected chi connectivity index (χ1v) is 9.28. The molecule has 0 aliphatic heterocycles. The van der Waals surface area contributed by atoms with Crippen molar-refractivity contribution in [3.05, 3.63) is 41.5 Å². The molecule has 0 aliphatic rings. The molecule has 9 N–H and O–H groups in total. The zero-order valence-corrected chi connectivity index (χ0v) is 16.7. The number of nitrogens with one attached hydrogen (secondary N) is 1. The number of amides is 2. The summed E-state index contributed by atoms with van der Waals surface area (Å²) >= 11 is 0. The van der Waals surface area contributed by atoms with E-state index in [9.17, 15) is 14.4 Å². The number of aliphatic imine (C=N–C) groups is 1. The Balaban J connectivity index is 2.54. The van der Waals surface area contributed by atoms with E-state index in [1.165, 1.54) is 13.2 Å². The topological polar surface area (TPSA) is 189 Å². The number of Topliss-reactive ketones (excluding diaryl/α,β-unsaturated/α-hetero) is 1. The van der Waals surface area contributed by atoms with E-state index < -0.39 is 23.6 Å². The van der Waals surface area contributed by atoms with Gasteiger partial charge in [-0.3, -0.25) is 19.4 Å². The van der Waals surface area contributed by atoms with E-state index in [1.807, 2.05) is 0 Å². The molecule has 0 fully saturated rings. The SMILES string of the molecule is COc1cc(C(N)=O)c(C(=O)[C@H](CCCN=C(N)N)NC(=O)CN)c2ccccc12. The highest BCUT2D eigenvalue weighted by Crippen LogP contribution is 2.32. The van der Waals surface area contributed by atoms with E-state index in [-0.39, 0.29) is 36.6 Å². The van der Waals surface area contributed by atoms with Crippen molar-refractivity contribution in [2.75, 3.05) is 20.2 Å². The van der Waals surface area contributed by atoms with Crippen molar-refractivity contribution >= 4 is 34.3 Å². The molecule has 10 nitrogen and oxygen atoms in total. The molecule has 0 heterocycles. The molecule has 0 radical (unpaired) electrons. The molecule has 2 aromatic carbocycles. The standard InChI is InChI=1S/C20H26N6O4/c1-30-15-9-13(19(22)29)17(12-6-3-2-5-11(12)15)18(28)14(26-16(27)10-21)7-4-8-25-20(23)24/h2-3,5-6,9,14H,4,7-8,10,21H2,1H3,(H2,22,29)(H,26,27)(H4,23,24,25)/t14-/m0/s1. The number of hydrogen-bond donors (Lipinski definition) is 5. The summed E-state index contributed by atoms with van der Waals surface area (Å²) in [7, 11) is 1.46. The molecule has 2 rings (SSSR count). The smallest absolute Gasteiger partial charge is 0.249 e. The number of benzene rings is 2. The normalized spacial score (nSPS) is 11.5. The van der Waals surface area contributed by atoms with Crippen LogP contribution in [0.4, 0.5) is 0 Å². The van der Waals surface area contributed by atoms with Gasteiger partial charge >= 0.3 is 0 Å². The van der Waals surface area contributed by atoms with Gasteiger partial charge in [-0.2, -0.15) is 0 Å². The largest absolute Gasteiger partial charge is 0.496 e. The molecule has 0 aromatic heterocycles. The highest BCUT2D eigenvalue weighted by molar-refractivity contribution is 6.19. The van der Waals surface area contributed by atoms with Crippen LogP contribution in [0.2, 0.25) is 0 Å². The predicted molar refractivity (Wildman–Crippen MR) is 114 cm³/mol. The Morgan fingerprint density at radius 1 is 1.13 bits per heavy atom. The van der Waals surface area contributed by atoms with Gasteiger partial charge in [0.05, 0.1) is 25.3 Å². The van der Waals surface area contributed by atoms with Gasteiger partial charge in [0.2, 0.25) is 11.8 Å². The molecular formula is C20H26N6O4. The lowest BCUT2D eigenvalue weighted by Gasteiger charge is -2.20. The van der Waals surface area contributed by atoms with Crippen LogP contribution >= 0.6 is 0 Å². The minimum absolute atomic E-state index is 0.00627. The van der Waals surface area contributed by atoms with Crippen molar-refractivity contribution in [1.29, 1.82) is 0 Å². The maximum Gasteiger partial charge on any atom is 0.249 e. The first-order chi connectivity index (χ1) is 14.3. The van der Waals surface area contributed by atoms with Crippen LogP contribution in [0, 0.1) is 0 Å². The molecule has 30 heavy (non-hydrogen) atoms. The maximum absolute atomic E-state index is 13.5. The summed E-state index contributed by atoms with van der Waals surface area (Å²) < 4.78 is 5.35. The Morgan fingerprint density at radius 3 is 2.37 bits per heavy atom. The molecular weight excluding hydrogens is 388 g/mol. The minimum atomic E-state index is -0.940. The zero-order chi connectivity index (χ0) is 22.3. The fraction of sp³-hybridized carbons (Fsp3) is 0.300. The summed E-state index contributed by atoms with van der Waals surface area (Å²) in [5.41, 5.74) is 21.7. The van der Waals surface area contributed by atoms with Crippen molar-refractivity contribution in [3.8, 4) is 5.75 Å². The van der Waals surface area contributed by atoms with Crippen LogP contribution in [0.3, 0.4) is 0 Å². The van der Waals surface area contributed by atoms with Gasteiger partial charge < -0.3 is 33.0 Å². The van der Waals surface area contributed by atoms with Crippen molar-refractivity contribution in [3.63, 3.8) is 0 Å². The molecule has 2 amide bonds. The predicted octanol–water partition coefficient (Wildman–Crippen LogP) is -0.373. The van der Waals surface area contributed by atoms with E-state index in [0.29, 0.717) is 22.9 Å². The molecule has 0 spiro atoms. The van der Waals surface area contributed by atoms with Crippen LogP contribution in [0.15, 0.2) is 35.3 Å². The lowest BCUT2D eigenvalue weighted by molar-refractivity contribution is -0.120. The summed E-state index contributed by atoms with van der Waals surface area (Å²) in [6, 6.07) is 7.46. The second-order valence-electron chi connectivity index (χ2n) is 6.55. The van der Waals surface area contributed by atoms with Gasteiger partial charge in [0.25, 0.3) is 0 Å². The summed E-state index contributed by atoms with van der Waals surface area (Å²) in [4.78, 5) is 41.4. The summed E-state index contributed by atoms with van der Waals surface area (Å²) in [5, 5.41) is 3.73. The van der Waals surface area contributed by atoms with Gasteiger partial charge in [0.15, 0.2) is 11.7 Å². The molecule has 0 bridgehead atoms. The molecule has 0 saturated carbocycles. The number of carbonyl (C=O) groups is 3. The van der Waals surface area contributed by atoms with Gasteiger partial charge in [0, 0.05) is 17.5 Å². The molecule has 0 saturated heterocycles. The summed E-state index contributed by atoms with van der Waals surface area (Å²) in [6.07, 6.45) is 0.652. The number of methoxy groups -OCH3 is 1. The Morgan fingerprint density at radius 2 is 1.80 bits per heavy atom. The molecule has 160 valence electrons. The number of carbonyl (C=O) groups excluding carboxylic acids is 3. The number of nitrogens with two attached hydrogens (primary N) is 4. The maximum atomic E-state index is 13.5. The van der Waals surface area contributed by atoms with Crippen LogP contribution < -0.4 is 33.0 Å². The summed E-state index contributed by atoms with van der Waals surface area (Å²) in [5.74, 6) is -1.41. The van der Waals surface area contributed by atoms with Crippen LogP contribution in [-0.4, -0.2) is 49.8 Å². The number of hydrogen-bond acceptors (Lipinski definition) is 6. The monoisotopic (exact) mass is 414 g/mol. The van der Waals surface area contributed by atoms with E-state index in [4.69, 9.17) is 27.7 Å². The fourth-order valence-electron chi connectivity index (χ4n) is 3.17. The number of nitrogens with zero attached hydrogens (tertiary/aromatic N) is 1. The third kappa shape index (κ3) is 5.23. The van der Waals surface area contributed by atoms with Crippen molar-refractivity contribution in [1.82, 2.24) is 5.32 Å². The van der Waals surface area contributed by atoms with Crippen LogP contribution in [0.1, 0.15) is 33.6 Å². The number of fused-ring (bicyclic) bond motifs is 1. The van der Waals surface area contributed by atoms with Gasteiger partial charge in [-0.15, -0.1) is 0 Å². The van der Waals surface area contributed by atoms with Gasteiger partial charge in [-0.1, -0.05) is 24.3 Å². The highest BCUT2D eigenvalue weighted by atomic mass is 16.5. The Kier molecular flexibility index (Phi) is 7.70. The average molecular weight is 414 g/mol. The van der Waals surface area contributed by atoms with Gasteiger partial charge in [-0.25, -0.2) is 0 Å². The lowest BCUT2D eigenvalue weighted by Crippen LogP contribution is -2.44. The Labute approximate surface area is 173 Å². The van der Waals surface area contributed by atoms with Crippen LogP contribution in [0.25, 0.3) is 10.8 Å². The van der Waals surface area contributed by atoms with Crippen molar-refractivity contribution in [2.45, 2.75) is 18.9 Å².